The van der Waals surface area contributed by atoms with Crippen molar-refractivity contribution in [3.05, 3.63) is 83.9 Å². The van der Waals surface area contributed by atoms with E-state index >= 15 is 0 Å². The minimum Gasteiger partial charge on any atom is -0.454 e. The third kappa shape index (κ3) is 3.09. The Kier molecular flexibility index (Phi) is 4.45. The number of anilines is 2. The molecule has 0 bridgehead atoms. The summed E-state index contributed by atoms with van der Waals surface area (Å²) in [6, 6.07) is 26.0. The Morgan fingerprint density at radius 1 is 0.742 bits per heavy atom. The third-order valence-corrected chi connectivity index (χ3v) is 6.98. The van der Waals surface area contributed by atoms with Gasteiger partial charge in [0.1, 0.15) is 5.58 Å². The van der Waals surface area contributed by atoms with Gasteiger partial charge in [0.25, 0.3) is 0 Å². The van der Waals surface area contributed by atoms with Crippen molar-refractivity contribution in [2.75, 3.05) is 5.32 Å². The maximum atomic E-state index is 6.73. The van der Waals surface area contributed by atoms with E-state index in [0.29, 0.717) is 5.92 Å². The van der Waals surface area contributed by atoms with Gasteiger partial charge in [-0.1, -0.05) is 79.9 Å². The Hall–Kier alpha value is -3.26. The van der Waals surface area contributed by atoms with E-state index < -0.39 is 0 Å². The standard InChI is InChI=1S/C29H27NO/c1-19-10-5-8-17-25(19)30-26-18-21-13-6-7-14-22(21)27-24-16-9-15-23(28(24)31-29(26)27)20-11-3-2-4-12-20/h5-10,13-18,20,30H,2-4,11-12H2,1H3. The molecule has 31 heavy (non-hydrogen) atoms. The van der Waals surface area contributed by atoms with Gasteiger partial charge in [0, 0.05) is 16.5 Å². The number of furan rings is 1. The number of hydrogen-bond acceptors (Lipinski definition) is 2. The molecule has 6 rings (SSSR count). The number of hydrogen-bond donors (Lipinski definition) is 1. The molecule has 0 unspecified atom stereocenters. The number of fused-ring (bicyclic) bond motifs is 5. The van der Waals surface area contributed by atoms with E-state index in [4.69, 9.17) is 4.42 Å². The predicted octanol–water partition coefficient (Wildman–Crippen LogP) is 8.84. The smallest absolute Gasteiger partial charge is 0.159 e. The zero-order chi connectivity index (χ0) is 20.8. The number of aryl methyl sites for hydroxylation is 1. The van der Waals surface area contributed by atoms with Gasteiger partial charge in [-0.2, -0.15) is 0 Å². The molecule has 154 valence electrons. The molecular formula is C29H27NO. The fourth-order valence-electron chi connectivity index (χ4n) is 5.36. The summed E-state index contributed by atoms with van der Waals surface area (Å²) >= 11 is 0. The second kappa shape index (κ2) is 7.46. The lowest BCUT2D eigenvalue weighted by Gasteiger charge is -2.21. The lowest BCUT2D eigenvalue weighted by atomic mass is 9.83. The van der Waals surface area contributed by atoms with Crippen molar-refractivity contribution < 1.29 is 4.42 Å². The maximum Gasteiger partial charge on any atom is 0.159 e. The van der Waals surface area contributed by atoms with E-state index in [2.05, 4.69) is 85.0 Å². The summed E-state index contributed by atoms with van der Waals surface area (Å²) in [5.74, 6) is 0.608. The average molecular weight is 406 g/mol. The molecule has 1 heterocycles. The molecule has 1 N–H and O–H groups in total. The van der Waals surface area contributed by atoms with Crippen molar-refractivity contribution in [2.45, 2.75) is 44.9 Å². The summed E-state index contributed by atoms with van der Waals surface area (Å²) in [6.45, 7) is 2.14. The molecule has 0 amide bonds. The monoisotopic (exact) mass is 405 g/mol. The minimum absolute atomic E-state index is 0.608. The lowest BCUT2D eigenvalue weighted by Crippen LogP contribution is -2.04. The second-order valence-corrected chi connectivity index (χ2v) is 8.95. The summed E-state index contributed by atoms with van der Waals surface area (Å²) in [6.07, 6.45) is 6.55. The minimum atomic E-state index is 0.608. The van der Waals surface area contributed by atoms with Crippen molar-refractivity contribution in [3.8, 4) is 0 Å². The summed E-state index contributed by atoms with van der Waals surface area (Å²) in [5, 5.41) is 8.63. The van der Waals surface area contributed by atoms with Crippen molar-refractivity contribution in [2.24, 2.45) is 0 Å². The number of benzene rings is 4. The first-order chi connectivity index (χ1) is 15.3. The normalized spacial score (nSPS) is 15.1. The van der Waals surface area contributed by atoms with E-state index in [9.17, 15) is 0 Å². The fraction of sp³-hybridized carbons (Fsp3) is 0.241. The van der Waals surface area contributed by atoms with E-state index in [1.807, 2.05) is 0 Å². The van der Waals surface area contributed by atoms with Crippen molar-refractivity contribution in [1.82, 2.24) is 0 Å². The van der Waals surface area contributed by atoms with Crippen LogP contribution in [0.4, 0.5) is 11.4 Å². The molecule has 1 aromatic heterocycles. The van der Waals surface area contributed by atoms with E-state index in [1.165, 1.54) is 64.8 Å². The van der Waals surface area contributed by atoms with Crippen LogP contribution in [0.2, 0.25) is 0 Å². The van der Waals surface area contributed by atoms with Gasteiger partial charge in [0.05, 0.1) is 5.69 Å². The zero-order valence-corrected chi connectivity index (χ0v) is 17.9. The highest BCUT2D eigenvalue weighted by Crippen LogP contribution is 2.44. The van der Waals surface area contributed by atoms with E-state index in [0.717, 1.165) is 22.5 Å². The first-order valence-electron chi connectivity index (χ1n) is 11.5. The van der Waals surface area contributed by atoms with Crippen LogP contribution in [0.5, 0.6) is 0 Å². The molecule has 0 aliphatic heterocycles. The van der Waals surface area contributed by atoms with Gasteiger partial charge in [0.2, 0.25) is 0 Å². The highest BCUT2D eigenvalue weighted by Gasteiger charge is 2.22. The number of para-hydroxylation sites is 2. The van der Waals surface area contributed by atoms with Gasteiger partial charge in [-0.25, -0.2) is 0 Å². The molecular weight excluding hydrogens is 378 g/mol. The highest BCUT2D eigenvalue weighted by molar-refractivity contribution is 6.22. The van der Waals surface area contributed by atoms with Gasteiger partial charge in [-0.3, -0.25) is 0 Å². The van der Waals surface area contributed by atoms with Crippen LogP contribution in [0.25, 0.3) is 32.7 Å². The summed E-state index contributed by atoms with van der Waals surface area (Å²) in [7, 11) is 0. The van der Waals surface area contributed by atoms with Crippen molar-refractivity contribution in [1.29, 1.82) is 0 Å². The molecule has 2 heteroatoms. The quantitative estimate of drug-likeness (QED) is 0.324. The van der Waals surface area contributed by atoms with E-state index in [1.54, 1.807) is 0 Å². The van der Waals surface area contributed by atoms with Gasteiger partial charge >= 0.3 is 0 Å². The summed E-state index contributed by atoms with van der Waals surface area (Å²) in [5.41, 5.74) is 6.80. The fourth-order valence-corrected chi connectivity index (χ4v) is 5.36. The van der Waals surface area contributed by atoms with Crippen LogP contribution in [-0.4, -0.2) is 0 Å². The maximum absolute atomic E-state index is 6.73. The van der Waals surface area contributed by atoms with Crippen LogP contribution in [0.3, 0.4) is 0 Å². The SMILES string of the molecule is Cc1ccccc1Nc1cc2ccccc2c2c1oc1c(C3CCCCC3)cccc12. The average Bonchev–Trinajstić information content (AvgIpc) is 3.22. The van der Waals surface area contributed by atoms with Crippen molar-refractivity contribution >= 4 is 44.1 Å². The molecule has 2 nitrogen and oxygen atoms in total. The van der Waals surface area contributed by atoms with E-state index in [-0.39, 0.29) is 0 Å². The van der Waals surface area contributed by atoms with Crippen LogP contribution >= 0.6 is 0 Å². The summed E-state index contributed by atoms with van der Waals surface area (Å²) in [4.78, 5) is 0. The molecule has 1 saturated carbocycles. The van der Waals surface area contributed by atoms with Crippen LogP contribution < -0.4 is 5.32 Å². The molecule has 0 radical (unpaired) electrons. The van der Waals surface area contributed by atoms with Crippen molar-refractivity contribution in [3.63, 3.8) is 0 Å². The molecule has 0 spiro atoms. The molecule has 0 atom stereocenters. The Balaban J connectivity index is 1.64. The Morgan fingerprint density at radius 2 is 1.52 bits per heavy atom. The number of rotatable bonds is 3. The zero-order valence-electron chi connectivity index (χ0n) is 17.9. The van der Waals surface area contributed by atoms with Crippen LogP contribution in [0.1, 0.15) is 49.1 Å². The molecule has 1 aliphatic rings. The molecule has 1 aliphatic carbocycles. The first kappa shape index (κ1) is 18.5. The van der Waals surface area contributed by atoms with Gasteiger partial charge in [0.15, 0.2) is 5.58 Å². The Bertz CT molecular complexity index is 1410. The van der Waals surface area contributed by atoms with Crippen LogP contribution in [0, 0.1) is 6.92 Å². The third-order valence-electron chi connectivity index (χ3n) is 6.98. The first-order valence-corrected chi connectivity index (χ1v) is 11.5. The second-order valence-electron chi connectivity index (χ2n) is 8.95. The lowest BCUT2D eigenvalue weighted by molar-refractivity contribution is 0.442. The molecule has 0 saturated heterocycles. The Labute approximate surface area is 182 Å². The molecule has 1 fully saturated rings. The number of nitrogens with one attached hydrogen (secondary N) is 1. The topological polar surface area (TPSA) is 25.2 Å². The molecule has 4 aromatic carbocycles. The van der Waals surface area contributed by atoms with Gasteiger partial charge in [-0.15, -0.1) is 0 Å². The summed E-state index contributed by atoms with van der Waals surface area (Å²) < 4.78 is 6.73. The van der Waals surface area contributed by atoms with Gasteiger partial charge < -0.3 is 9.73 Å². The largest absolute Gasteiger partial charge is 0.454 e. The van der Waals surface area contributed by atoms with Crippen LogP contribution in [0.15, 0.2) is 77.2 Å². The van der Waals surface area contributed by atoms with Crippen LogP contribution in [-0.2, 0) is 0 Å². The Morgan fingerprint density at radius 3 is 2.39 bits per heavy atom. The van der Waals surface area contributed by atoms with Gasteiger partial charge in [-0.05, 0) is 59.7 Å². The highest BCUT2D eigenvalue weighted by atomic mass is 16.3. The molecule has 5 aromatic rings. The predicted molar refractivity (Wildman–Crippen MR) is 132 cm³/mol.